The number of para-hydroxylation sites is 1. The molecule has 0 aliphatic carbocycles. The number of hydrogen-bond acceptors (Lipinski definition) is 7. The zero-order valence-electron chi connectivity index (χ0n) is 15.4. The molecule has 0 aromatic heterocycles. The van der Waals surface area contributed by atoms with Gasteiger partial charge in [0.15, 0.2) is 6.61 Å². The highest BCUT2D eigenvalue weighted by atomic mass is 35.5. The second-order valence-corrected chi connectivity index (χ2v) is 6.03. The minimum absolute atomic E-state index is 0.0330. The van der Waals surface area contributed by atoms with Gasteiger partial charge in [0.05, 0.1) is 23.3 Å². The van der Waals surface area contributed by atoms with E-state index in [4.69, 9.17) is 16.3 Å². The number of ether oxygens (including phenoxy) is 2. The molecule has 11 heteroatoms. The van der Waals surface area contributed by atoms with Crippen LogP contribution in [0.1, 0.15) is 10.4 Å². The first kappa shape index (κ1) is 21.6. The molecular formula is C18H16ClN3O7. The molecule has 0 fully saturated rings. The molecule has 2 rings (SSSR count). The molecule has 29 heavy (non-hydrogen) atoms. The van der Waals surface area contributed by atoms with E-state index < -0.39 is 35.2 Å². The number of benzene rings is 2. The molecule has 0 saturated heterocycles. The zero-order valence-corrected chi connectivity index (χ0v) is 16.1. The van der Waals surface area contributed by atoms with Crippen molar-refractivity contribution in [1.29, 1.82) is 0 Å². The van der Waals surface area contributed by atoms with Gasteiger partial charge in [-0.2, -0.15) is 0 Å². The van der Waals surface area contributed by atoms with Gasteiger partial charge in [0.25, 0.3) is 11.6 Å². The van der Waals surface area contributed by atoms with Gasteiger partial charge in [-0.15, -0.1) is 0 Å². The molecule has 152 valence electrons. The highest BCUT2D eigenvalue weighted by molar-refractivity contribution is 6.31. The fraction of sp³-hybridized carbons (Fsp3) is 0.167. The van der Waals surface area contributed by atoms with Gasteiger partial charge in [-0.25, -0.2) is 9.59 Å². The normalized spacial score (nSPS) is 10.0. The zero-order chi connectivity index (χ0) is 21.6. The van der Waals surface area contributed by atoms with Gasteiger partial charge in [-0.1, -0.05) is 23.7 Å². The van der Waals surface area contributed by atoms with Crippen molar-refractivity contribution in [2.75, 3.05) is 31.0 Å². The van der Waals surface area contributed by atoms with Gasteiger partial charge in [-0.3, -0.25) is 19.8 Å². The van der Waals surface area contributed by atoms with Crippen LogP contribution in [0.4, 0.5) is 21.9 Å². The smallest absolute Gasteiger partial charge is 0.413 e. The number of amides is 2. The number of methoxy groups -OCH3 is 1. The van der Waals surface area contributed by atoms with Crippen molar-refractivity contribution in [3.05, 3.63) is 63.2 Å². The van der Waals surface area contributed by atoms with E-state index in [0.29, 0.717) is 0 Å². The summed E-state index contributed by atoms with van der Waals surface area (Å²) in [5.74, 6) is -1.65. The number of rotatable bonds is 6. The van der Waals surface area contributed by atoms with Crippen LogP contribution in [-0.4, -0.2) is 43.7 Å². The van der Waals surface area contributed by atoms with Gasteiger partial charge in [-0.05, 0) is 24.3 Å². The number of nitrogens with zero attached hydrogens (tertiary/aromatic N) is 2. The number of halogens is 1. The van der Waals surface area contributed by atoms with Crippen molar-refractivity contribution in [2.24, 2.45) is 0 Å². The van der Waals surface area contributed by atoms with Crippen LogP contribution in [0.5, 0.6) is 0 Å². The average molecular weight is 422 g/mol. The van der Waals surface area contributed by atoms with Crippen molar-refractivity contribution in [3.63, 3.8) is 0 Å². The molecule has 2 amide bonds. The van der Waals surface area contributed by atoms with Gasteiger partial charge in [0.1, 0.15) is 5.69 Å². The Hall–Kier alpha value is -3.66. The number of nitrogens with one attached hydrogen (secondary N) is 1. The predicted octanol–water partition coefficient (Wildman–Crippen LogP) is 3.25. The van der Waals surface area contributed by atoms with E-state index in [2.05, 4.69) is 10.1 Å². The molecule has 1 N–H and O–H groups in total. The van der Waals surface area contributed by atoms with Crippen molar-refractivity contribution in [1.82, 2.24) is 0 Å². The maximum Gasteiger partial charge on any atom is 0.413 e. The molecule has 0 heterocycles. The van der Waals surface area contributed by atoms with Gasteiger partial charge < -0.3 is 14.8 Å². The molecule has 2 aromatic carbocycles. The van der Waals surface area contributed by atoms with Crippen molar-refractivity contribution in [2.45, 2.75) is 0 Å². The lowest BCUT2D eigenvalue weighted by Gasteiger charge is -2.18. The molecule has 0 bridgehead atoms. The van der Waals surface area contributed by atoms with Crippen molar-refractivity contribution >= 4 is 46.6 Å². The summed E-state index contributed by atoms with van der Waals surface area (Å²) in [7, 11) is 2.60. The number of carbonyl (C=O) groups excluding carboxylic acids is 3. The molecule has 0 aliphatic heterocycles. The second kappa shape index (κ2) is 9.51. The van der Waals surface area contributed by atoms with E-state index in [1.54, 1.807) is 12.1 Å². The molecule has 2 aromatic rings. The highest BCUT2D eigenvalue weighted by Gasteiger charge is 2.21. The van der Waals surface area contributed by atoms with Crippen LogP contribution in [0.3, 0.4) is 0 Å². The first-order valence-corrected chi connectivity index (χ1v) is 8.44. The number of nitro benzene ring substituents is 1. The van der Waals surface area contributed by atoms with Crippen LogP contribution in [-0.2, 0) is 14.3 Å². The molecule has 0 atom stereocenters. The first-order valence-electron chi connectivity index (χ1n) is 8.06. The summed E-state index contributed by atoms with van der Waals surface area (Å²) in [5, 5.41) is 13.5. The van der Waals surface area contributed by atoms with E-state index in [1.807, 2.05) is 0 Å². The number of esters is 1. The minimum atomic E-state index is -0.864. The highest BCUT2D eigenvalue weighted by Crippen LogP contribution is 2.27. The largest absolute Gasteiger partial charge is 0.452 e. The fourth-order valence-electron chi connectivity index (χ4n) is 2.33. The van der Waals surface area contributed by atoms with E-state index in [-0.39, 0.29) is 22.0 Å². The third-order valence-electron chi connectivity index (χ3n) is 3.70. The Kier molecular flexibility index (Phi) is 7.10. The summed E-state index contributed by atoms with van der Waals surface area (Å²) in [6.07, 6.45) is -0.696. The van der Waals surface area contributed by atoms with Crippen LogP contribution in [0, 0.1) is 10.1 Å². The van der Waals surface area contributed by atoms with E-state index >= 15 is 0 Å². The summed E-state index contributed by atoms with van der Waals surface area (Å²) < 4.78 is 9.58. The molecule has 0 saturated carbocycles. The third-order valence-corrected chi connectivity index (χ3v) is 3.93. The first-order chi connectivity index (χ1) is 13.7. The van der Waals surface area contributed by atoms with Crippen molar-refractivity contribution in [3.8, 4) is 0 Å². The van der Waals surface area contributed by atoms with Gasteiger partial charge >= 0.3 is 12.1 Å². The van der Waals surface area contributed by atoms with Crippen LogP contribution < -0.4 is 10.2 Å². The molecule has 0 aliphatic rings. The van der Waals surface area contributed by atoms with Crippen molar-refractivity contribution < 1.29 is 28.8 Å². The maximum atomic E-state index is 12.4. The lowest BCUT2D eigenvalue weighted by atomic mass is 10.1. The fourth-order valence-corrected chi connectivity index (χ4v) is 2.50. The molecule has 0 unspecified atom stereocenters. The van der Waals surface area contributed by atoms with Crippen LogP contribution in [0.2, 0.25) is 5.02 Å². The molecule has 10 nitrogen and oxygen atoms in total. The Morgan fingerprint density at radius 2 is 1.90 bits per heavy atom. The summed E-state index contributed by atoms with van der Waals surface area (Å²) in [4.78, 5) is 47.6. The number of hydrogen-bond donors (Lipinski definition) is 1. The summed E-state index contributed by atoms with van der Waals surface area (Å²) >= 11 is 5.72. The van der Waals surface area contributed by atoms with E-state index in [0.717, 1.165) is 11.0 Å². The average Bonchev–Trinajstić information content (AvgIpc) is 2.71. The van der Waals surface area contributed by atoms with Crippen LogP contribution >= 0.6 is 11.6 Å². The maximum absolute atomic E-state index is 12.4. The standard InChI is InChI=1S/C18H16ClN3O7/c1-21(18(25)28-2)14-6-4-3-5-12(14)17(24)29-10-16(23)20-13-8-7-11(19)9-15(13)22(26)27/h3-9H,10H2,1-2H3,(H,20,23). The Morgan fingerprint density at radius 1 is 1.21 bits per heavy atom. The van der Waals surface area contributed by atoms with E-state index in [9.17, 15) is 24.5 Å². The number of carbonyl (C=O) groups is 3. The summed E-state index contributed by atoms with van der Waals surface area (Å²) in [6.45, 7) is -0.700. The van der Waals surface area contributed by atoms with Crippen LogP contribution in [0.15, 0.2) is 42.5 Å². The Labute approximate surface area is 170 Å². The lowest BCUT2D eigenvalue weighted by molar-refractivity contribution is -0.383. The SMILES string of the molecule is COC(=O)N(C)c1ccccc1C(=O)OCC(=O)Nc1ccc(Cl)cc1[N+](=O)[O-]. The topological polar surface area (TPSA) is 128 Å². The van der Waals surface area contributed by atoms with Gasteiger partial charge in [0, 0.05) is 18.1 Å². The minimum Gasteiger partial charge on any atom is -0.452 e. The second-order valence-electron chi connectivity index (χ2n) is 5.59. The predicted molar refractivity (Wildman–Crippen MR) is 104 cm³/mol. The third kappa shape index (κ3) is 5.42. The summed E-state index contributed by atoms with van der Waals surface area (Å²) in [6, 6.07) is 9.81. The van der Waals surface area contributed by atoms with E-state index in [1.165, 1.54) is 38.4 Å². The summed E-state index contributed by atoms with van der Waals surface area (Å²) in [5.41, 5.74) is -0.239. The quantitative estimate of drug-likeness (QED) is 0.430. The number of anilines is 2. The van der Waals surface area contributed by atoms with Crippen LogP contribution in [0.25, 0.3) is 0 Å². The lowest BCUT2D eigenvalue weighted by Crippen LogP contribution is -2.28. The Morgan fingerprint density at radius 3 is 2.55 bits per heavy atom. The monoisotopic (exact) mass is 421 g/mol. The number of nitro groups is 1. The van der Waals surface area contributed by atoms with Gasteiger partial charge in [0.2, 0.25) is 0 Å². The Balaban J connectivity index is 2.08. The Bertz CT molecular complexity index is 964. The molecule has 0 radical (unpaired) electrons. The molecular weight excluding hydrogens is 406 g/mol. The molecule has 0 spiro atoms.